The summed E-state index contributed by atoms with van der Waals surface area (Å²) in [6, 6.07) is 0. The fourth-order valence-corrected chi connectivity index (χ4v) is 0. The molecule has 0 aliphatic carbocycles. The van der Waals surface area contributed by atoms with Crippen molar-refractivity contribution in [3.8, 4) is 0 Å². The second-order valence-corrected chi connectivity index (χ2v) is 1.56. The molecule has 48 valence electrons. The van der Waals surface area contributed by atoms with Gasteiger partial charge in [0.2, 0.25) is 0 Å². The average Bonchev–Trinajstić information content (AvgIpc) is 1.36. The van der Waals surface area contributed by atoms with Gasteiger partial charge in [-0.2, -0.15) is 0 Å². The Bertz CT molecular complexity index is 175. The van der Waals surface area contributed by atoms with Gasteiger partial charge in [-0.1, -0.05) is 0 Å². The van der Waals surface area contributed by atoms with Crippen LogP contribution in [-0.4, -0.2) is 0 Å². The molecule has 0 saturated heterocycles. The van der Waals surface area contributed by atoms with E-state index in [9.17, 15) is 0 Å². The van der Waals surface area contributed by atoms with E-state index in [0.29, 0.717) is 0 Å². The van der Waals surface area contributed by atoms with Gasteiger partial charge < -0.3 is 0 Å². The van der Waals surface area contributed by atoms with E-state index in [0.717, 1.165) is 0 Å². The summed E-state index contributed by atoms with van der Waals surface area (Å²) in [5.41, 5.74) is 0. The van der Waals surface area contributed by atoms with Crippen LogP contribution in [0.4, 0.5) is 0 Å². The van der Waals surface area contributed by atoms with Gasteiger partial charge in [-0.3, -0.25) is 0 Å². The van der Waals surface area contributed by atoms with Crippen LogP contribution < -0.4 is 0 Å². The Morgan fingerprint density at radius 2 is 1.00 bits per heavy atom. The first-order valence-electron chi connectivity index (χ1n) is 0.740. The van der Waals surface area contributed by atoms with Crippen molar-refractivity contribution in [3.05, 3.63) is 0 Å². The van der Waals surface area contributed by atoms with Crippen LogP contribution in [0.3, 0.4) is 0 Å². The Morgan fingerprint density at radius 1 is 1.00 bits per heavy atom. The first-order chi connectivity index (χ1) is 3.00. The Hall–Kier alpha value is 0.680. The van der Waals surface area contributed by atoms with Crippen molar-refractivity contribution in [2.75, 3.05) is 0 Å². The Balaban J connectivity index is 0. The van der Waals surface area contributed by atoms with Crippen LogP contribution in [-0.2, 0) is 47.1 Å². The van der Waals surface area contributed by atoms with Gasteiger partial charge in [0, 0.05) is 0 Å². The Labute approximate surface area is 56.5 Å². The molecule has 0 unspecified atom stereocenters. The van der Waals surface area contributed by atoms with Crippen molar-refractivity contribution >= 4 is 9.58 Å². The van der Waals surface area contributed by atoms with Crippen LogP contribution >= 0.6 is 9.58 Å². The zero-order valence-corrected chi connectivity index (χ0v) is 6.20. The van der Waals surface area contributed by atoms with Gasteiger partial charge in [0.05, 0.1) is 0 Å². The molecular weight excluding hydrogens is 259 g/mol. The van der Waals surface area contributed by atoms with Gasteiger partial charge in [0.15, 0.2) is 0 Å². The zero-order chi connectivity index (χ0) is 6.50. The molecule has 0 saturated carbocycles. The van der Waals surface area contributed by atoms with Crippen molar-refractivity contribution in [3.63, 3.8) is 0 Å². The molecule has 0 aromatic rings. The van der Waals surface area contributed by atoms with Gasteiger partial charge in [-0.05, 0) is 0 Å². The molecule has 0 aliphatic rings. The van der Waals surface area contributed by atoms with Crippen molar-refractivity contribution in [1.29, 1.82) is 0 Å². The predicted molar refractivity (Wildman–Crippen MR) is 10.3 cm³/mol. The van der Waals surface area contributed by atoms with Crippen LogP contribution in [0, 0.1) is 0 Å². The van der Waals surface area contributed by atoms with Crippen molar-refractivity contribution in [1.82, 2.24) is 0 Å². The van der Waals surface area contributed by atoms with Gasteiger partial charge in [0.1, 0.15) is 0 Å². The normalized spacial score (nSPS) is 8.86. The third kappa shape index (κ3) is 317. The first kappa shape index (κ1) is 10.6. The summed E-state index contributed by atoms with van der Waals surface area (Å²) in [4.78, 5) is 0. The molecule has 0 rings (SSSR count). The minimum absolute atomic E-state index is 2.53. The third-order valence-corrected chi connectivity index (χ3v) is 0. The van der Waals surface area contributed by atoms with Gasteiger partial charge in [0.25, 0.3) is 0 Å². The molecule has 0 radical (unpaired) electrons. The number of rotatable bonds is 0. The maximum absolute atomic E-state index is 8.58. The molecule has 0 atom stereocenters. The molecule has 0 fully saturated rings. The van der Waals surface area contributed by atoms with Gasteiger partial charge >= 0.3 is 56.7 Å². The van der Waals surface area contributed by atoms with Crippen LogP contribution in [0.5, 0.6) is 0 Å². The van der Waals surface area contributed by atoms with E-state index in [1.54, 1.807) is 0 Å². The molecule has 7 heavy (non-hydrogen) atoms. The average molecular weight is 259 g/mol. The minimum atomic E-state index is -5.62. The molecule has 0 aromatic carbocycles. The summed E-state index contributed by atoms with van der Waals surface area (Å²) in [6.45, 7) is 0. The number of hydrogen-bond acceptors (Lipinski definition) is 5. The molecule has 0 spiro atoms. The van der Waals surface area contributed by atoms with E-state index in [1.165, 1.54) is 0 Å². The molecule has 0 N–H and O–H groups in total. The van der Waals surface area contributed by atoms with E-state index in [1.807, 2.05) is 0 Å². The quantitative estimate of drug-likeness (QED) is 0.580. The summed E-state index contributed by atoms with van der Waals surface area (Å²) >= 11 is -3.09. The standard InChI is InChI=1S/Ag.Mn.4O.S. The van der Waals surface area contributed by atoms with Crippen LogP contribution in [0.25, 0.3) is 0 Å². The summed E-state index contributed by atoms with van der Waals surface area (Å²) in [5, 5.41) is 0. The van der Waals surface area contributed by atoms with Crippen LogP contribution in [0.2, 0.25) is 0 Å². The second-order valence-electron chi connectivity index (χ2n) is 0.378. The van der Waals surface area contributed by atoms with E-state index < -0.39 is 12.6 Å². The Kier molecular flexibility index (Phi) is 7.33. The maximum atomic E-state index is 8.58. The fraction of sp³-hybridized carbons (Fsp3) is 0. The van der Waals surface area contributed by atoms with E-state index in [-0.39, 0.29) is 0 Å². The number of hydrogen-bond donors (Lipinski definition) is 0. The summed E-state index contributed by atoms with van der Waals surface area (Å²) in [7, 11) is 3.89. The first-order valence-corrected chi connectivity index (χ1v) is 4.73. The zero-order valence-electron chi connectivity index (χ0n) is 2.72. The molecule has 4 nitrogen and oxygen atoms in total. The topological polar surface area (TPSA) is 68.3 Å². The Morgan fingerprint density at radius 3 is 1.00 bits per heavy atom. The van der Waals surface area contributed by atoms with E-state index >= 15 is 0 Å². The van der Waals surface area contributed by atoms with E-state index in [2.05, 4.69) is 28.8 Å². The summed E-state index contributed by atoms with van der Waals surface area (Å²) < 4.78 is 34.3. The molecule has 0 aliphatic heterocycles. The second kappa shape index (κ2) is 4.83. The SMILES string of the molecule is [O]=[Mn](=[O])(=[O])=[O].[S]=[Ag]. The van der Waals surface area contributed by atoms with Crippen molar-refractivity contribution in [2.24, 2.45) is 0 Å². The molecule has 0 heterocycles. The summed E-state index contributed by atoms with van der Waals surface area (Å²) in [6.07, 6.45) is 0. The predicted octanol–water partition coefficient (Wildman–Crippen LogP) is 0.168. The van der Waals surface area contributed by atoms with E-state index in [4.69, 9.17) is 15.3 Å². The van der Waals surface area contributed by atoms with Gasteiger partial charge in [-0.15, -0.1) is 0 Å². The summed E-state index contributed by atoms with van der Waals surface area (Å²) in [5.74, 6) is 0. The van der Waals surface area contributed by atoms with Crippen molar-refractivity contribution in [2.45, 2.75) is 0 Å². The molecule has 7 heteroatoms. The van der Waals surface area contributed by atoms with Gasteiger partial charge in [-0.25, -0.2) is 0 Å². The van der Waals surface area contributed by atoms with Crippen LogP contribution in [0.15, 0.2) is 0 Å². The van der Waals surface area contributed by atoms with Crippen molar-refractivity contribution < 1.29 is 47.1 Å². The third-order valence-electron chi connectivity index (χ3n) is 0. The van der Waals surface area contributed by atoms with Crippen LogP contribution in [0.1, 0.15) is 0 Å². The monoisotopic (exact) mass is 258 g/mol. The molecular formula is AgMnO4S. The molecule has 0 amide bonds. The molecule has 0 bridgehead atoms. The fourth-order valence-electron chi connectivity index (χ4n) is 0. The molecule has 0 aromatic heterocycles.